The molecule has 0 saturated carbocycles. The molecule has 0 fully saturated rings. The number of hydrogen-bond donors (Lipinski definition) is 1. The minimum Gasteiger partial charge on any atom is -0.384 e. The van der Waals surface area contributed by atoms with E-state index in [1.807, 2.05) is 13.8 Å². The first-order valence-electron chi connectivity index (χ1n) is 5.22. The van der Waals surface area contributed by atoms with E-state index in [4.69, 9.17) is 10.3 Å². The second kappa shape index (κ2) is 5.13. The number of aromatic nitrogens is 4. The van der Waals surface area contributed by atoms with E-state index in [0.717, 1.165) is 12.1 Å². The van der Waals surface area contributed by atoms with Crippen LogP contribution in [0.4, 0.5) is 5.82 Å². The summed E-state index contributed by atoms with van der Waals surface area (Å²) in [5.41, 5.74) is 6.49. The number of nitrogens with zero attached hydrogens (tertiary/aromatic N) is 4. The summed E-state index contributed by atoms with van der Waals surface area (Å²) < 4.78 is 5.07. The van der Waals surface area contributed by atoms with Gasteiger partial charge in [0.1, 0.15) is 5.82 Å². The van der Waals surface area contributed by atoms with Gasteiger partial charge in [0, 0.05) is 18.2 Å². The van der Waals surface area contributed by atoms with Gasteiger partial charge in [0.15, 0.2) is 11.0 Å². The molecular weight excluding hydrogens is 238 g/mol. The molecule has 2 rings (SSSR count). The first-order valence-corrected chi connectivity index (χ1v) is 6.21. The van der Waals surface area contributed by atoms with E-state index in [2.05, 4.69) is 20.1 Å². The van der Waals surface area contributed by atoms with Crippen molar-refractivity contribution < 1.29 is 4.52 Å². The third kappa shape index (κ3) is 3.16. The minimum absolute atomic E-state index is 0.472. The van der Waals surface area contributed by atoms with Crippen molar-refractivity contribution in [1.82, 2.24) is 20.1 Å². The summed E-state index contributed by atoms with van der Waals surface area (Å²) in [6, 6.07) is 1.73. The summed E-state index contributed by atoms with van der Waals surface area (Å²) >= 11 is 1.43. The summed E-state index contributed by atoms with van der Waals surface area (Å²) in [7, 11) is 0. The molecule has 2 aromatic heterocycles. The Kier molecular flexibility index (Phi) is 3.58. The Balaban J connectivity index is 2.01. The minimum atomic E-state index is 0.472. The molecule has 0 amide bonds. The van der Waals surface area contributed by atoms with Crippen molar-refractivity contribution in [3.63, 3.8) is 0 Å². The van der Waals surface area contributed by atoms with Gasteiger partial charge < -0.3 is 10.3 Å². The highest BCUT2D eigenvalue weighted by Crippen LogP contribution is 2.19. The monoisotopic (exact) mass is 251 g/mol. The molecule has 2 N–H and O–H groups in total. The smallest absolute Gasteiger partial charge is 0.237 e. The highest BCUT2D eigenvalue weighted by Gasteiger charge is 2.07. The zero-order valence-corrected chi connectivity index (χ0v) is 10.5. The van der Waals surface area contributed by atoms with E-state index in [9.17, 15) is 0 Å². The van der Waals surface area contributed by atoms with Crippen LogP contribution in [-0.2, 0) is 12.2 Å². The van der Waals surface area contributed by atoms with Gasteiger partial charge >= 0.3 is 0 Å². The first-order chi connectivity index (χ1) is 8.17. The number of rotatable bonds is 4. The van der Waals surface area contributed by atoms with Gasteiger partial charge in [0.25, 0.3) is 0 Å². The second-order valence-electron chi connectivity index (χ2n) is 3.46. The maximum Gasteiger partial charge on any atom is 0.237 e. The van der Waals surface area contributed by atoms with Gasteiger partial charge in [-0.3, -0.25) is 0 Å². The van der Waals surface area contributed by atoms with Crippen LogP contribution in [0.25, 0.3) is 0 Å². The SMILES string of the molecule is CCc1noc(CSc2nc(C)cc(N)n2)n1. The molecule has 7 heteroatoms. The van der Waals surface area contributed by atoms with Crippen molar-refractivity contribution in [1.29, 1.82) is 0 Å². The van der Waals surface area contributed by atoms with Crippen LogP contribution in [-0.4, -0.2) is 20.1 Å². The van der Waals surface area contributed by atoms with Gasteiger partial charge in [-0.15, -0.1) is 0 Å². The Hall–Kier alpha value is -1.63. The van der Waals surface area contributed by atoms with Crippen molar-refractivity contribution >= 4 is 17.6 Å². The maximum absolute atomic E-state index is 5.64. The lowest BCUT2D eigenvalue weighted by Gasteiger charge is -2.00. The van der Waals surface area contributed by atoms with Crippen LogP contribution >= 0.6 is 11.8 Å². The molecule has 17 heavy (non-hydrogen) atoms. The summed E-state index contributed by atoms with van der Waals surface area (Å²) in [5.74, 6) is 2.32. The summed E-state index contributed by atoms with van der Waals surface area (Å²) in [6.07, 6.45) is 0.766. The van der Waals surface area contributed by atoms with Crippen LogP contribution in [0.15, 0.2) is 15.7 Å². The average Bonchev–Trinajstić information content (AvgIpc) is 2.73. The largest absolute Gasteiger partial charge is 0.384 e. The lowest BCUT2D eigenvalue weighted by molar-refractivity contribution is 0.385. The number of anilines is 1. The van der Waals surface area contributed by atoms with Gasteiger partial charge in [0.2, 0.25) is 5.89 Å². The molecule has 0 saturated heterocycles. The summed E-state index contributed by atoms with van der Waals surface area (Å²) in [6.45, 7) is 3.86. The molecule has 2 heterocycles. The van der Waals surface area contributed by atoms with E-state index < -0.39 is 0 Å². The Labute approximate surface area is 103 Å². The zero-order valence-electron chi connectivity index (χ0n) is 9.67. The van der Waals surface area contributed by atoms with Crippen LogP contribution in [0.2, 0.25) is 0 Å². The fourth-order valence-electron chi connectivity index (χ4n) is 1.25. The normalized spacial score (nSPS) is 10.7. The molecule has 0 aliphatic rings. The molecule has 0 unspecified atom stereocenters. The Bertz CT molecular complexity index is 493. The number of hydrogen-bond acceptors (Lipinski definition) is 7. The average molecular weight is 251 g/mol. The fourth-order valence-corrected chi connectivity index (χ4v) is 2.00. The van der Waals surface area contributed by atoms with Gasteiger partial charge in [-0.05, 0) is 6.92 Å². The van der Waals surface area contributed by atoms with Crippen LogP contribution in [0.5, 0.6) is 0 Å². The van der Waals surface area contributed by atoms with E-state index >= 15 is 0 Å². The molecule has 0 bridgehead atoms. The van der Waals surface area contributed by atoms with Crippen LogP contribution in [0.3, 0.4) is 0 Å². The first kappa shape index (κ1) is 11.8. The number of thioether (sulfide) groups is 1. The Morgan fingerprint density at radius 2 is 2.18 bits per heavy atom. The van der Waals surface area contributed by atoms with E-state index in [0.29, 0.717) is 28.4 Å². The lowest BCUT2D eigenvalue weighted by atomic mass is 10.4. The second-order valence-corrected chi connectivity index (χ2v) is 4.41. The van der Waals surface area contributed by atoms with E-state index in [1.165, 1.54) is 11.8 Å². The zero-order chi connectivity index (χ0) is 12.3. The van der Waals surface area contributed by atoms with Crippen molar-refractivity contribution in [2.45, 2.75) is 31.2 Å². The molecular formula is C10H13N5OS. The van der Waals surface area contributed by atoms with Gasteiger partial charge in [0.05, 0.1) is 5.75 Å². The van der Waals surface area contributed by atoms with Crippen molar-refractivity contribution in [3.05, 3.63) is 23.5 Å². The quantitative estimate of drug-likeness (QED) is 0.652. The molecule has 0 radical (unpaired) electrons. The van der Waals surface area contributed by atoms with Crippen LogP contribution in [0.1, 0.15) is 24.3 Å². The molecule has 0 aliphatic heterocycles. The third-order valence-electron chi connectivity index (χ3n) is 2.00. The molecule has 6 nitrogen and oxygen atoms in total. The van der Waals surface area contributed by atoms with Gasteiger partial charge in [-0.25, -0.2) is 9.97 Å². The van der Waals surface area contributed by atoms with E-state index in [1.54, 1.807) is 6.07 Å². The molecule has 0 aromatic carbocycles. The molecule has 0 atom stereocenters. The predicted octanol–water partition coefficient (Wildman–Crippen LogP) is 1.60. The highest BCUT2D eigenvalue weighted by atomic mass is 32.2. The molecule has 0 aliphatic carbocycles. The van der Waals surface area contributed by atoms with Crippen LogP contribution < -0.4 is 5.73 Å². The topological polar surface area (TPSA) is 90.7 Å². The lowest BCUT2D eigenvalue weighted by Crippen LogP contribution is -1.96. The third-order valence-corrected chi connectivity index (χ3v) is 2.84. The standard InChI is InChI=1S/C10H13N5OS/c1-3-8-14-9(16-15-8)5-17-10-12-6(2)4-7(11)13-10/h4H,3,5H2,1-2H3,(H2,11,12,13). The molecule has 2 aromatic rings. The van der Waals surface area contributed by atoms with E-state index in [-0.39, 0.29) is 0 Å². The van der Waals surface area contributed by atoms with Crippen molar-refractivity contribution in [3.8, 4) is 0 Å². The fraction of sp³-hybridized carbons (Fsp3) is 0.400. The van der Waals surface area contributed by atoms with Gasteiger partial charge in [-0.1, -0.05) is 23.8 Å². The molecule has 90 valence electrons. The predicted molar refractivity (Wildman–Crippen MR) is 64.4 cm³/mol. The van der Waals surface area contributed by atoms with Crippen molar-refractivity contribution in [2.75, 3.05) is 5.73 Å². The summed E-state index contributed by atoms with van der Waals surface area (Å²) in [4.78, 5) is 12.6. The Morgan fingerprint density at radius 3 is 2.82 bits per heavy atom. The molecule has 0 spiro atoms. The number of aryl methyl sites for hydroxylation is 2. The number of nitrogen functional groups attached to an aromatic ring is 1. The Morgan fingerprint density at radius 1 is 1.35 bits per heavy atom. The van der Waals surface area contributed by atoms with Gasteiger partial charge in [-0.2, -0.15) is 4.98 Å². The highest BCUT2D eigenvalue weighted by molar-refractivity contribution is 7.98. The van der Waals surface area contributed by atoms with Crippen LogP contribution in [0, 0.1) is 6.92 Å². The maximum atomic E-state index is 5.64. The summed E-state index contributed by atoms with van der Waals surface area (Å²) in [5, 5.41) is 4.44. The van der Waals surface area contributed by atoms with Crippen molar-refractivity contribution in [2.24, 2.45) is 0 Å². The number of nitrogens with two attached hydrogens (primary N) is 1.